The summed E-state index contributed by atoms with van der Waals surface area (Å²) in [7, 11) is 0. The third-order valence-corrected chi connectivity index (χ3v) is 2.99. The maximum absolute atomic E-state index is 11.1. The number of carbonyl (C=O) groups is 1. The van der Waals surface area contributed by atoms with Gasteiger partial charge in [-0.1, -0.05) is 12.1 Å². The summed E-state index contributed by atoms with van der Waals surface area (Å²) in [5, 5.41) is 10.2. The molecule has 0 atom stereocenters. The standard InChI is InChI=1S/C14H16O3/c1-9-7-11-10(5-4-6-12(11)17-9)8-14(2,3)13(15)16/h4-7H,8H2,1-3H3,(H,15,16). The fraction of sp³-hybridized carbons (Fsp3) is 0.357. The summed E-state index contributed by atoms with van der Waals surface area (Å²) in [6.45, 7) is 5.37. The van der Waals surface area contributed by atoms with E-state index in [1.165, 1.54) is 0 Å². The number of carboxylic acid groups (broad SMARTS) is 1. The molecule has 17 heavy (non-hydrogen) atoms. The Kier molecular flexibility index (Phi) is 2.69. The summed E-state index contributed by atoms with van der Waals surface area (Å²) in [5.41, 5.74) is 1.08. The quantitative estimate of drug-likeness (QED) is 0.882. The van der Waals surface area contributed by atoms with Crippen LogP contribution in [0.5, 0.6) is 0 Å². The van der Waals surface area contributed by atoms with Crippen LogP contribution in [0, 0.1) is 12.3 Å². The zero-order valence-corrected chi connectivity index (χ0v) is 10.3. The van der Waals surface area contributed by atoms with Gasteiger partial charge in [0, 0.05) is 5.39 Å². The van der Waals surface area contributed by atoms with Gasteiger partial charge in [0.15, 0.2) is 0 Å². The molecule has 1 aromatic heterocycles. The average Bonchev–Trinajstić information content (AvgIpc) is 2.59. The van der Waals surface area contributed by atoms with E-state index in [2.05, 4.69) is 0 Å². The van der Waals surface area contributed by atoms with Gasteiger partial charge in [-0.05, 0) is 44.9 Å². The molecule has 0 fully saturated rings. The second-order valence-corrected chi connectivity index (χ2v) is 5.05. The van der Waals surface area contributed by atoms with Crippen LogP contribution in [0.1, 0.15) is 25.2 Å². The van der Waals surface area contributed by atoms with E-state index in [1.54, 1.807) is 13.8 Å². The van der Waals surface area contributed by atoms with Gasteiger partial charge in [-0.15, -0.1) is 0 Å². The smallest absolute Gasteiger partial charge is 0.309 e. The summed E-state index contributed by atoms with van der Waals surface area (Å²) in [5.74, 6) is 0.0651. The van der Waals surface area contributed by atoms with Gasteiger partial charge in [-0.3, -0.25) is 4.79 Å². The fourth-order valence-corrected chi connectivity index (χ4v) is 1.95. The van der Waals surface area contributed by atoms with E-state index < -0.39 is 11.4 Å². The van der Waals surface area contributed by atoms with Gasteiger partial charge >= 0.3 is 5.97 Å². The third-order valence-electron chi connectivity index (χ3n) is 2.99. The van der Waals surface area contributed by atoms with Crippen LogP contribution in [0.4, 0.5) is 0 Å². The highest BCUT2D eigenvalue weighted by molar-refractivity contribution is 5.83. The number of rotatable bonds is 3. The molecule has 90 valence electrons. The van der Waals surface area contributed by atoms with Crippen molar-refractivity contribution in [2.24, 2.45) is 5.41 Å². The Hall–Kier alpha value is -1.77. The first-order valence-electron chi connectivity index (χ1n) is 5.61. The van der Waals surface area contributed by atoms with Crippen LogP contribution < -0.4 is 0 Å². The van der Waals surface area contributed by atoms with Gasteiger partial charge in [-0.2, -0.15) is 0 Å². The summed E-state index contributed by atoms with van der Waals surface area (Å²) in [4.78, 5) is 11.1. The first kappa shape index (κ1) is 11.7. The molecule has 3 heteroatoms. The maximum atomic E-state index is 11.1. The lowest BCUT2D eigenvalue weighted by Gasteiger charge is -2.19. The van der Waals surface area contributed by atoms with Gasteiger partial charge in [0.1, 0.15) is 11.3 Å². The molecular formula is C14H16O3. The van der Waals surface area contributed by atoms with Gasteiger partial charge in [0.2, 0.25) is 0 Å². The molecule has 0 spiro atoms. The van der Waals surface area contributed by atoms with Crippen molar-refractivity contribution in [1.82, 2.24) is 0 Å². The SMILES string of the molecule is Cc1cc2c(CC(C)(C)C(=O)O)cccc2o1. The molecule has 0 bridgehead atoms. The van der Waals surface area contributed by atoms with Crippen LogP contribution >= 0.6 is 0 Å². The maximum Gasteiger partial charge on any atom is 0.309 e. The molecule has 0 aliphatic rings. The topological polar surface area (TPSA) is 50.4 Å². The monoisotopic (exact) mass is 232 g/mol. The van der Waals surface area contributed by atoms with Gasteiger partial charge in [-0.25, -0.2) is 0 Å². The minimum Gasteiger partial charge on any atom is -0.481 e. The predicted molar refractivity (Wildman–Crippen MR) is 66.1 cm³/mol. The molecule has 0 radical (unpaired) electrons. The Morgan fingerprint density at radius 1 is 1.41 bits per heavy atom. The second-order valence-electron chi connectivity index (χ2n) is 5.05. The number of benzene rings is 1. The first-order chi connectivity index (χ1) is 7.90. The number of hydrogen-bond acceptors (Lipinski definition) is 2. The molecule has 2 rings (SSSR count). The number of aliphatic carboxylic acids is 1. The van der Waals surface area contributed by atoms with E-state index in [9.17, 15) is 4.79 Å². The highest BCUT2D eigenvalue weighted by Gasteiger charge is 2.28. The molecular weight excluding hydrogens is 216 g/mol. The summed E-state index contributed by atoms with van der Waals surface area (Å²) >= 11 is 0. The highest BCUT2D eigenvalue weighted by atomic mass is 16.4. The lowest BCUT2D eigenvalue weighted by atomic mass is 9.85. The Morgan fingerprint density at radius 3 is 2.76 bits per heavy atom. The highest BCUT2D eigenvalue weighted by Crippen LogP contribution is 2.29. The molecule has 0 saturated carbocycles. The first-order valence-corrected chi connectivity index (χ1v) is 5.61. The second kappa shape index (κ2) is 3.91. The van der Waals surface area contributed by atoms with Crippen molar-refractivity contribution >= 4 is 16.9 Å². The Morgan fingerprint density at radius 2 is 2.12 bits per heavy atom. The van der Waals surface area contributed by atoms with Crippen LogP contribution in [0.25, 0.3) is 11.0 Å². The van der Waals surface area contributed by atoms with Gasteiger partial charge in [0.25, 0.3) is 0 Å². The Balaban J connectivity index is 2.46. The minimum absolute atomic E-state index is 0.499. The van der Waals surface area contributed by atoms with E-state index in [0.717, 1.165) is 22.3 Å². The molecule has 0 amide bonds. The van der Waals surface area contributed by atoms with Crippen molar-refractivity contribution in [3.05, 3.63) is 35.6 Å². The van der Waals surface area contributed by atoms with E-state index in [0.29, 0.717) is 6.42 Å². The lowest BCUT2D eigenvalue weighted by Crippen LogP contribution is -2.26. The summed E-state index contributed by atoms with van der Waals surface area (Å²) < 4.78 is 5.54. The number of carboxylic acids is 1. The summed E-state index contributed by atoms with van der Waals surface area (Å²) in [6, 6.07) is 7.72. The van der Waals surface area contributed by atoms with Crippen LogP contribution in [-0.2, 0) is 11.2 Å². The zero-order valence-electron chi connectivity index (χ0n) is 10.3. The number of aryl methyl sites for hydroxylation is 1. The molecule has 1 N–H and O–H groups in total. The fourth-order valence-electron chi connectivity index (χ4n) is 1.95. The Labute approximate surface area is 100 Å². The van der Waals surface area contributed by atoms with Crippen molar-refractivity contribution in [3.8, 4) is 0 Å². The minimum atomic E-state index is -0.783. The van der Waals surface area contributed by atoms with E-state index in [-0.39, 0.29) is 0 Å². The predicted octanol–water partition coefficient (Wildman–Crippen LogP) is 3.39. The van der Waals surface area contributed by atoms with Crippen LogP contribution in [-0.4, -0.2) is 11.1 Å². The van der Waals surface area contributed by atoms with Crippen LogP contribution in [0.2, 0.25) is 0 Å². The number of fused-ring (bicyclic) bond motifs is 1. The van der Waals surface area contributed by atoms with Crippen molar-refractivity contribution in [2.75, 3.05) is 0 Å². The molecule has 0 unspecified atom stereocenters. The van der Waals surface area contributed by atoms with E-state index in [1.807, 2.05) is 31.2 Å². The molecule has 2 aromatic rings. The van der Waals surface area contributed by atoms with E-state index >= 15 is 0 Å². The van der Waals surface area contributed by atoms with Crippen molar-refractivity contribution in [2.45, 2.75) is 27.2 Å². The number of hydrogen-bond donors (Lipinski definition) is 1. The van der Waals surface area contributed by atoms with Crippen molar-refractivity contribution in [1.29, 1.82) is 0 Å². The van der Waals surface area contributed by atoms with Gasteiger partial charge < -0.3 is 9.52 Å². The van der Waals surface area contributed by atoms with E-state index in [4.69, 9.17) is 9.52 Å². The molecule has 0 aliphatic heterocycles. The molecule has 0 aliphatic carbocycles. The average molecular weight is 232 g/mol. The normalized spacial score (nSPS) is 11.9. The third kappa shape index (κ3) is 2.18. The molecule has 1 aromatic carbocycles. The molecule has 1 heterocycles. The lowest BCUT2D eigenvalue weighted by molar-refractivity contribution is -0.146. The van der Waals surface area contributed by atoms with Gasteiger partial charge in [0.05, 0.1) is 5.41 Å². The van der Waals surface area contributed by atoms with Crippen LogP contribution in [0.3, 0.4) is 0 Å². The van der Waals surface area contributed by atoms with Crippen LogP contribution in [0.15, 0.2) is 28.7 Å². The summed E-state index contributed by atoms with van der Waals surface area (Å²) in [6.07, 6.45) is 0.499. The Bertz CT molecular complexity index is 564. The largest absolute Gasteiger partial charge is 0.481 e. The molecule has 0 saturated heterocycles. The number of furan rings is 1. The zero-order chi connectivity index (χ0) is 12.6. The molecule has 3 nitrogen and oxygen atoms in total. The van der Waals surface area contributed by atoms with Crippen molar-refractivity contribution < 1.29 is 14.3 Å². The van der Waals surface area contributed by atoms with Crippen molar-refractivity contribution in [3.63, 3.8) is 0 Å².